The van der Waals surface area contributed by atoms with Crippen molar-refractivity contribution in [3.63, 3.8) is 0 Å². The van der Waals surface area contributed by atoms with Crippen LogP contribution in [-0.2, 0) is 21.7 Å². The number of rotatable bonds is 6. The molecule has 0 heterocycles. The molecule has 0 fully saturated rings. The highest BCUT2D eigenvalue weighted by atomic mass is 15.1. The molecule has 290 valence electrons. The zero-order valence-corrected chi connectivity index (χ0v) is 35.9. The SMILES string of the molecule is CC(C)(C)c1cc(N(c2ccccc2)c2ccccc2)cc2c1-c1cc3c(c(C(C)(C)C)c1C2(C)C)-c1ccc(N(c2ccccc2)c2ccccc2)cc1C3(C)C. The van der Waals surface area contributed by atoms with Crippen molar-refractivity contribution in [3.05, 3.63) is 191 Å². The molecule has 0 aromatic heterocycles. The maximum Gasteiger partial charge on any atom is 0.0468 e. The summed E-state index contributed by atoms with van der Waals surface area (Å²) in [6.07, 6.45) is 0. The molecule has 0 unspecified atom stereocenters. The van der Waals surface area contributed by atoms with E-state index in [0.29, 0.717) is 0 Å². The smallest absolute Gasteiger partial charge is 0.0468 e. The summed E-state index contributed by atoms with van der Waals surface area (Å²) in [4.78, 5) is 4.83. The standard InChI is InChI=1S/C56H56N2/c1-53(2,3)46-34-42(58(39-27-19-13-20-28-39)40-29-21-14-22-30-40)35-47-49(46)44-36-48-50(52(54(4,5)6)51(44)56(47,9)10)43-32-31-41(33-45(43)55(48,7)8)57(37-23-15-11-16-24-37)38-25-17-12-18-26-38/h11-36H,1-10H3. The lowest BCUT2D eigenvalue weighted by atomic mass is 9.70. The van der Waals surface area contributed by atoms with Crippen LogP contribution in [0.2, 0.25) is 0 Å². The average molecular weight is 757 g/mol. The molecule has 0 amide bonds. The number of nitrogens with zero attached hydrogens (tertiary/aromatic N) is 2. The molecule has 7 aromatic carbocycles. The van der Waals surface area contributed by atoms with Gasteiger partial charge in [-0.2, -0.15) is 0 Å². The van der Waals surface area contributed by atoms with E-state index in [-0.39, 0.29) is 21.7 Å². The van der Waals surface area contributed by atoms with Crippen molar-refractivity contribution in [2.24, 2.45) is 0 Å². The molecule has 0 radical (unpaired) electrons. The summed E-state index contributed by atoms with van der Waals surface area (Å²) in [6, 6.07) is 58.1. The van der Waals surface area contributed by atoms with Crippen molar-refractivity contribution in [1.29, 1.82) is 0 Å². The second-order valence-electron chi connectivity index (χ2n) is 19.5. The highest BCUT2D eigenvalue weighted by Gasteiger charge is 2.48. The summed E-state index contributed by atoms with van der Waals surface area (Å²) in [7, 11) is 0. The van der Waals surface area contributed by atoms with E-state index in [2.05, 4.69) is 237 Å². The molecule has 0 saturated heterocycles. The third kappa shape index (κ3) is 5.91. The quantitative estimate of drug-likeness (QED) is 0.167. The molecule has 0 aliphatic heterocycles. The fourth-order valence-electron chi connectivity index (χ4n) is 10.1. The van der Waals surface area contributed by atoms with Gasteiger partial charge in [0, 0.05) is 45.0 Å². The van der Waals surface area contributed by atoms with Crippen molar-refractivity contribution < 1.29 is 0 Å². The molecule has 0 bridgehead atoms. The molecule has 0 N–H and O–H groups in total. The van der Waals surface area contributed by atoms with Gasteiger partial charge in [0.1, 0.15) is 0 Å². The van der Waals surface area contributed by atoms with Gasteiger partial charge in [-0.3, -0.25) is 0 Å². The monoisotopic (exact) mass is 756 g/mol. The third-order valence-corrected chi connectivity index (χ3v) is 12.8. The minimum Gasteiger partial charge on any atom is -0.310 e. The Morgan fingerprint density at radius 3 is 1.24 bits per heavy atom. The molecule has 9 rings (SSSR count). The number of benzene rings is 7. The maximum absolute atomic E-state index is 2.61. The van der Waals surface area contributed by atoms with E-state index >= 15 is 0 Å². The van der Waals surface area contributed by atoms with Crippen LogP contribution in [-0.4, -0.2) is 0 Å². The molecule has 0 spiro atoms. The van der Waals surface area contributed by atoms with Crippen LogP contribution >= 0.6 is 0 Å². The minimum absolute atomic E-state index is 0.108. The summed E-state index contributed by atoms with van der Waals surface area (Å²) in [6.45, 7) is 24.3. The lowest BCUT2D eigenvalue weighted by Crippen LogP contribution is -2.25. The van der Waals surface area contributed by atoms with Gasteiger partial charge in [0.05, 0.1) is 0 Å². The van der Waals surface area contributed by atoms with E-state index < -0.39 is 0 Å². The van der Waals surface area contributed by atoms with E-state index in [1.165, 1.54) is 67.0 Å². The fourth-order valence-corrected chi connectivity index (χ4v) is 10.1. The van der Waals surface area contributed by atoms with Gasteiger partial charge in [-0.1, -0.05) is 148 Å². The van der Waals surface area contributed by atoms with Crippen LogP contribution in [0.25, 0.3) is 22.3 Å². The van der Waals surface area contributed by atoms with Gasteiger partial charge in [-0.15, -0.1) is 0 Å². The van der Waals surface area contributed by atoms with Crippen molar-refractivity contribution in [3.8, 4) is 22.3 Å². The maximum atomic E-state index is 2.61. The third-order valence-electron chi connectivity index (χ3n) is 12.8. The second-order valence-corrected chi connectivity index (χ2v) is 19.5. The molecule has 2 aliphatic rings. The predicted molar refractivity (Wildman–Crippen MR) is 248 cm³/mol. The molecular weight excluding hydrogens is 701 g/mol. The van der Waals surface area contributed by atoms with Gasteiger partial charge < -0.3 is 9.80 Å². The van der Waals surface area contributed by atoms with Crippen LogP contribution in [0.15, 0.2) is 158 Å². The molecule has 2 heteroatoms. The van der Waals surface area contributed by atoms with Gasteiger partial charge in [-0.05, 0) is 145 Å². The largest absolute Gasteiger partial charge is 0.310 e. The summed E-state index contributed by atoms with van der Waals surface area (Å²) in [5.74, 6) is 0. The van der Waals surface area contributed by atoms with Crippen molar-refractivity contribution in [1.82, 2.24) is 0 Å². The van der Waals surface area contributed by atoms with Gasteiger partial charge >= 0.3 is 0 Å². The van der Waals surface area contributed by atoms with Gasteiger partial charge in [-0.25, -0.2) is 0 Å². The molecule has 0 saturated carbocycles. The Morgan fingerprint density at radius 2 is 0.793 bits per heavy atom. The summed E-state index contributed by atoms with van der Waals surface area (Å²) in [5, 5.41) is 0. The second kappa shape index (κ2) is 13.3. The number of anilines is 6. The molecule has 58 heavy (non-hydrogen) atoms. The van der Waals surface area contributed by atoms with Crippen molar-refractivity contribution >= 4 is 34.1 Å². The van der Waals surface area contributed by atoms with Crippen molar-refractivity contribution in [2.45, 2.75) is 90.9 Å². The minimum atomic E-state index is -0.248. The Labute approximate surface area is 346 Å². The van der Waals surface area contributed by atoms with Crippen LogP contribution in [0.1, 0.15) is 103 Å². The summed E-state index contributed by atoms with van der Waals surface area (Å²) in [5.41, 5.74) is 20.5. The Hall–Kier alpha value is -5.86. The topological polar surface area (TPSA) is 6.48 Å². The van der Waals surface area contributed by atoms with E-state index in [0.717, 1.165) is 22.7 Å². The highest BCUT2D eigenvalue weighted by Crippen LogP contribution is 2.62. The zero-order valence-electron chi connectivity index (χ0n) is 35.9. The van der Waals surface area contributed by atoms with E-state index in [1.807, 2.05) is 0 Å². The fraction of sp³-hybridized carbons (Fsp3) is 0.250. The number of fused-ring (bicyclic) bond motifs is 6. The van der Waals surface area contributed by atoms with Crippen LogP contribution in [0, 0.1) is 0 Å². The Balaban J connectivity index is 1.29. The lowest BCUT2D eigenvalue weighted by Gasteiger charge is -2.34. The molecule has 7 aromatic rings. The van der Waals surface area contributed by atoms with Crippen LogP contribution in [0.3, 0.4) is 0 Å². The van der Waals surface area contributed by atoms with Crippen LogP contribution in [0.4, 0.5) is 34.1 Å². The number of hydrogen-bond acceptors (Lipinski definition) is 2. The molecule has 0 atom stereocenters. The van der Waals surface area contributed by atoms with E-state index in [4.69, 9.17) is 0 Å². The van der Waals surface area contributed by atoms with Gasteiger partial charge in [0.2, 0.25) is 0 Å². The Kier molecular flexibility index (Phi) is 8.68. The lowest BCUT2D eigenvalue weighted by molar-refractivity contribution is 0.555. The average Bonchev–Trinajstić information content (AvgIpc) is 3.56. The van der Waals surface area contributed by atoms with E-state index in [1.54, 1.807) is 0 Å². The molecule has 2 nitrogen and oxygen atoms in total. The van der Waals surface area contributed by atoms with Crippen molar-refractivity contribution in [2.75, 3.05) is 9.80 Å². The zero-order chi connectivity index (χ0) is 40.8. The first-order valence-electron chi connectivity index (χ1n) is 21.0. The normalized spacial score (nSPS) is 14.7. The number of para-hydroxylation sites is 4. The molecule has 2 aliphatic carbocycles. The first kappa shape index (κ1) is 37.7. The first-order valence-corrected chi connectivity index (χ1v) is 21.0. The summed E-state index contributed by atoms with van der Waals surface area (Å²) < 4.78 is 0. The van der Waals surface area contributed by atoms with Crippen LogP contribution < -0.4 is 9.80 Å². The first-order chi connectivity index (χ1) is 27.6. The predicted octanol–water partition coefficient (Wildman–Crippen LogP) is 15.8. The summed E-state index contributed by atoms with van der Waals surface area (Å²) >= 11 is 0. The Bertz CT molecular complexity index is 2580. The number of hydrogen-bond donors (Lipinski definition) is 0. The van der Waals surface area contributed by atoms with Crippen LogP contribution in [0.5, 0.6) is 0 Å². The molecular formula is C56H56N2. The van der Waals surface area contributed by atoms with E-state index in [9.17, 15) is 0 Å². The highest BCUT2D eigenvalue weighted by molar-refractivity contribution is 5.96. The van der Waals surface area contributed by atoms with Gasteiger partial charge in [0.25, 0.3) is 0 Å². The Morgan fingerprint density at radius 1 is 0.362 bits per heavy atom. The van der Waals surface area contributed by atoms with Gasteiger partial charge in [0.15, 0.2) is 0 Å².